The number of para-hydroxylation sites is 1. The molecule has 0 bridgehead atoms. The largest absolute Gasteiger partial charge is 0.321 e. The lowest BCUT2D eigenvalue weighted by Crippen LogP contribution is -2.30. The van der Waals surface area contributed by atoms with Gasteiger partial charge in [-0.15, -0.1) is 11.8 Å². The lowest BCUT2D eigenvalue weighted by atomic mass is 10.0. The van der Waals surface area contributed by atoms with Gasteiger partial charge in [0.25, 0.3) is 11.8 Å². The maximum absolute atomic E-state index is 13.5. The van der Waals surface area contributed by atoms with Crippen LogP contribution >= 0.6 is 11.8 Å². The smallest absolute Gasteiger partial charge is 0.272 e. The van der Waals surface area contributed by atoms with Gasteiger partial charge in [0.2, 0.25) is 5.91 Å². The van der Waals surface area contributed by atoms with Crippen LogP contribution in [0.5, 0.6) is 0 Å². The summed E-state index contributed by atoms with van der Waals surface area (Å²) < 4.78 is 0. The number of rotatable bonds is 9. The van der Waals surface area contributed by atoms with E-state index in [4.69, 9.17) is 0 Å². The summed E-state index contributed by atoms with van der Waals surface area (Å²) >= 11 is 1.46. The van der Waals surface area contributed by atoms with Crippen LogP contribution in [-0.2, 0) is 16.0 Å². The highest BCUT2D eigenvalue weighted by atomic mass is 32.2. The lowest BCUT2D eigenvalue weighted by Gasteiger charge is -2.17. The third-order valence-corrected chi connectivity index (χ3v) is 8.52. The van der Waals surface area contributed by atoms with Gasteiger partial charge in [0.1, 0.15) is 5.70 Å². The molecule has 0 spiro atoms. The Bertz CT molecular complexity index is 1840. The Labute approximate surface area is 266 Å². The van der Waals surface area contributed by atoms with Crippen molar-refractivity contribution >= 4 is 46.9 Å². The molecule has 0 saturated heterocycles. The van der Waals surface area contributed by atoms with Crippen LogP contribution in [0.2, 0.25) is 0 Å². The molecule has 0 atom stereocenters. The molecule has 1 aliphatic heterocycles. The Kier molecular flexibility index (Phi) is 9.18. The van der Waals surface area contributed by atoms with Gasteiger partial charge in [-0.3, -0.25) is 14.4 Å². The van der Waals surface area contributed by atoms with Crippen LogP contribution in [0.4, 0.5) is 11.4 Å². The summed E-state index contributed by atoms with van der Waals surface area (Å²) in [6.07, 6.45) is 2.54. The van der Waals surface area contributed by atoms with Gasteiger partial charge in [-0.2, -0.15) is 0 Å². The number of hydrogen-bond acceptors (Lipinski definition) is 4. The van der Waals surface area contributed by atoms with Crippen LogP contribution in [-0.4, -0.2) is 30.0 Å². The molecule has 7 heteroatoms. The quantitative estimate of drug-likeness (QED) is 0.134. The van der Waals surface area contributed by atoms with E-state index in [1.807, 2.05) is 95.9 Å². The van der Waals surface area contributed by atoms with Gasteiger partial charge in [-0.25, -0.2) is 0 Å². The van der Waals surface area contributed by atoms with E-state index in [2.05, 4.69) is 16.7 Å². The first-order valence-electron chi connectivity index (χ1n) is 14.7. The molecule has 0 aliphatic carbocycles. The van der Waals surface area contributed by atoms with Crippen LogP contribution in [0.15, 0.2) is 144 Å². The van der Waals surface area contributed by atoms with Gasteiger partial charge < -0.3 is 15.5 Å². The van der Waals surface area contributed by atoms with E-state index in [-0.39, 0.29) is 17.5 Å². The van der Waals surface area contributed by atoms with Gasteiger partial charge in [-0.05, 0) is 77.2 Å². The van der Waals surface area contributed by atoms with Crippen LogP contribution in [0, 0.1) is 0 Å². The van der Waals surface area contributed by atoms with Crippen LogP contribution in [0.1, 0.15) is 21.5 Å². The minimum absolute atomic E-state index is 0.0723. The normalized spacial score (nSPS) is 12.4. The maximum atomic E-state index is 13.5. The molecule has 3 amide bonds. The van der Waals surface area contributed by atoms with Gasteiger partial charge in [0, 0.05) is 28.4 Å². The second-order valence-corrected chi connectivity index (χ2v) is 11.6. The van der Waals surface area contributed by atoms with Crippen molar-refractivity contribution in [1.82, 2.24) is 5.32 Å². The number of thioether (sulfide) groups is 1. The predicted octanol–water partition coefficient (Wildman–Crippen LogP) is 7.44. The van der Waals surface area contributed by atoms with E-state index >= 15 is 0 Å². The molecule has 222 valence electrons. The third-order valence-electron chi connectivity index (χ3n) is 7.52. The number of nitrogens with one attached hydrogen (secondary N) is 2. The molecule has 0 fully saturated rings. The monoisotopic (exact) mass is 609 g/mol. The second-order valence-electron chi connectivity index (χ2n) is 10.6. The Balaban J connectivity index is 1.13. The van der Waals surface area contributed by atoms with Crippen LogP contribution in [0.3, 0.4) is 0 Å². The summed E-state index contributed by atoms with van der Waals surface area (Å²) in [4.78, 5) is 42.2. The summed E-state index contributed by atoms with van der Waals surface area (Å²) in [5.74, 6) is -0.436. The zero-order valence-corrected chi connectivity index (χ0v) is 25.3. The topological polar surface area (TPSA) is 78.5 Å². The summed E-state index contributed by atoms with van der Waals surface area (Å²) in [7, 11) is 0. The predicted molar refractivity (Wildman–Crippen MR) is 182 cm³/mol. The number of carbonyl (C=O) groups is 3. The maximum Gasteiger partial charge on any atom is 0.272 e. The molecule has 5 aromatic rings. The molecule has 1 aliphatic rings. The summed E-state index contributed by atoms with van der Waals surface area (Å²) in [6, 6.07) is 42.0. The molecule has 45 heavy (non-hydrogen) atoms. The summed E-state index contributed by atoms with van der Waals surface area (Å²) in [5.41, 5.74) is 6.25. The molecule has 6 nitrogen and oxygen atoms in total. The Hall–Kier alpha value is -5.40. The highest BCUT2D eigenvalue weighted by Gasteiger charge is 2.24. The molecular weight excluding hydrogens is 579 g/mol. The molecule has 2 N–H and O–H groups in total. The minimum atomic E-state index is -0.449. The van der Waals surface area contributed by atoms with Crippen molar-refractivity contribution in [2.75, 3.05) is 22.5 Å². The van der Waals surface area contributed by atoms with Crippen molar-refractivity contribution in [3.63, 3.8) is 0 Å². The van der Waals surface area contributed by atoms with E-state index in [0.717, 1.165) is 33.7 Å². The fraction of sp³-hybridized carbons (Fsp3) is 0.0789. The Morgan fingerprint density at radius 1 is 0.711 bits per heavy atom. The zero-order chi connectivity index (χ0) is 31.0. The number of anilines is 2. The number of hydrogen-bond donors (Lipinski definition) is 2. The second kappa shape index (κ2) is 13.9. The standard InChI is InChI=1S/C38H31N3O3S/c42-36(41-24-23-30-11-7-8-14-35(30)41)26-45-33-21-19-32(20-22-33)39-38(44)34(40-37(43)31-12-5-2-6-13-31)25-27-15-17-29(18-16-27)28-9-3-1-4-10-28/h1-22,25H,23-24,26H2,(H,39,44)(H,40,43)/b34-25-. The average molecular weight is 610 g/mol. The molecular formula is C38H31N3O3S. The van der Waals surface area contributed by atoms with E-state index in [9.17, 15) is 14.4 Å². The molecule has 0 unspecified atom stereocenters. The number of nitrogens with zero attached hydrogens (tertiary/aromatic N) is 1. The van der Waals surface area contributed by atoms with E-state index in [1.54, 1.807) is 42.5 Å². The number of carbonyl (C=O) groups excluding carboxylic acids is 3. The Morgan fingerprint density at radius 2 is 1.36 bits per heavy atom. The van der Waals surface area contributed by atoms with E-state index in [1.165, 1.54) is 17.3 Å². The third kappa shape index (κ3) is 7.40. The highest BCUT2D eigenvalue weighted by molar-refractivity contribution is 8.00. The first-order valence-corrected chi connectivity index (χ1v) is 15.7. The number of amides is 3. The highest BCUT2D eigenvalue weighted by Crippen LogP contribution is 2.29. The molecule has 5 aromatic carbocycles. The minimum Gasteiger partial charge on any atom is -0.321 e. The van der Waals surface area contributed by atoms with Gasteiger partial charge >= 0.3 is 0 Å². The lowest BCUT2D eigenvalue weighted by molar-refractivity contribution is -0.116. The number of benzene rings is 5. The molecule has 0 aromatic heterocycles. The van der Waals surface area contributed by atoms with Crippen molar-refractivity contribution in [2.24, 2.45) is 0 Å². The fourth-order valence-corrected chi connectivity index (χ4v) is 5.94. The summed E-state index contributed by atoms with van der Waals surface area (Å²) in [6.45, 7) is 0.706. The van der Waals surface area contributed by atoms with Gasteiger partial charge in [0.05, 0.1) is 5.75 Å². The zero-order valence-electron chi connectivity index (χ0n) is 24.5. The first kappa shape index (κ1) is 29.7. The molecule has 0 saturated carbocycles. The average Bonchev–Trinajstić information content (AvgIpc) is 3.53. The summed E-state index contributed by atoms with van der Waals surface area (Å²) in [5, 5.41) is 5.69. The van der Waals surface area contributed by atoms with E-state index in [0.29, 0.717) is 23.5 Å². The first-order chi connectivity index (χ1) is 22.0. The van der Waals surface area contributed by atoms with E-state index < -0.39 is 5.91 Å². The van der Waals surface area contributed by atoms with Crippen LogP contribution in [0.25, 0.3) is 17.2 Å². The number of fused-ring (bicyclic) bond motifs is 1. The van der Waals surface area contributed by atoms with Crippen molar-refractivity contribution in [3.8, 4) is 11.1 Å². The molecule has 0 radical (unpaired) electrons. The fourth-order valence-electron chi connectivity index (χ4n) is 5.16. The van der Waals surface area contributed by atoms with Gasteiger partial charge in [-0.1, -0.05) is 91.0 Å². The van der Waals surface area contributed by atoms with Crippen molar-refractivity contribution in [1.29, 1.82) is 0 Å². The van der Waals surface area contributed by atoms with Crippen molar-refractivity contribution < 1.29 is 14.4 Å². The Morgan fingerprint density at radius 3 is 2.09 bits per heavy atom. The van der Waals surface area contributed by atoms with Crippen molar-refractivity contribution in [2.45, 2.75) is 11.3 Å². The van der Waals surface area contributed by atoms with Crippen LogP contribution < -0.4 is 15.5 Å². The van der Waals surface area contributed by atoms with Gasteiger partial charge in [0.15, 0.2) is 0 Å². The molecule has 1 heterocycles. The van der Waals surface area contributed by atoms with Crippen molar-refractivity contribution in [3.05, 3.63) is 156 Å². The SMILES string of the molecule is O=C(Nc1ccc(SCC(=O)N2CCc3ccccc32)cc1)/C(=C/c1ccc(-c2ccccc2)cc1)NC(=O)c1ccccc1. The molecule has 6 rings (SSSR count).